The van der Waals surface area contributed by atoms with Crippen molar-refractivity contribution in [2.45, 2.75) is 32.6 Å². The van der Waals surface area contributed by atoms with E-state index < -0.39 is 0 Å². The van der Waals surface area contributed by atoms with Crippen LogP contribution in [-0.4, -0.2) is 6.29 Å². The summed E-state index contributed by atoms with van der Waals surface area (Å²) in [6, 6.07) is 8.48. The van der Waals surface area contributed by atoms with E-state index in [1.165, 1.54) is 17.5 Å². The van der Waals surface area contributed by atoms with Crippen molar-refractivity contribution >= 4 is 6.29 Å². The molecule has 1 heteroatoms. The number of carbonyl (C=O) groups excluding carboxylic acids is 1. The lowest BCUT2D eigenvalue weighted by Crippen LogP contribution is -1.88. The topological polar surface area (TPSA) is 17.1 Å². The van der Waals surface area contributed by atoms with Gasteiger partial charge >= 0.3 is 0 Å². The molecule has 0 saturated carbocycles. The monoisotopic (exact) mass is 175 g/mol. The van der Waals surface area contributed by atoms with Crippen LogP contribution in [0.1, 0.15) is 30.9 Å². The molecule has 69 valence electrons. The molecule has 0 fully saturated rings. The van der Waals surface area contributed by atoms with Crippen LogP contribution in [0.2, 0.25) is 0 Å². The van der Waals surface area contributed by atoms with Gasteiger partial charge in [-0.3, -0.25) is 4.79 Å². The predicted molar refractivity (Wildman–Crippen MR) is 54.5 cm³/mol. The van der Waals surface area contributed by atoms with Crippen molar-refractivity contribution in [2.75, 3.05) is 0 Å². The van der Waals surface area contributed by atoms with E-state index >= 15 is 0 Å². The molecule has 0 heterocycles. The van der Waals surface area contributed by atoms with Crippen LogP contribution < -0.4 is 0 Å². The Hall–Kier alpha value is -1.11. The lowest BCUT2D eigenvalue weighted by molar-refractivity contribution is 0.551. The van der Waals surface area contributed by atoms with E-state index in [0.717, 1.165) is 12.8 Å². The second-order valence-corrected chi connectivity index (χ2v) is 3.21. The van der Waals surface area contributed by atoms with Crippen molar-refractivity contribution < 1.29 is 4.79 Å². The third-order valence-electron chi connectivity index (χ3n) is 2.08. The molecule has 0 spiro atoms. The molecule has 0 saturated heterocycles. The second kappa shape index (κ2) is 5.52. The Labute approximate surface area is 79.8 Å². The molecule has 0 atom stereocenters. The number of rotatable bonds is 5. The zero-order chi connectivity index (χ0) is 9.52. The predicted octanol–water partition coefficient (Wildman–Crippen LogP) is 2.68. The molecule has 0 N–H and O–H groups in total. The summed E-state index contributed by atoms with van der Waals surface area (Å²) in [6.45, 7) is 2.18. The summed E-state index contributed by atoms with van der Waals surface area (Å²) in [5.74, 6) is 0. The van der Waals surface area contributed by atoms with Crippen LogP contribution in [-0.2, 0) is 17.6 Å². The maximum atomic E-state index is 10.0. The summed E-state index contributed by atoms with van der Waals surface area (Å²) < 4.78 is 0. The number of benzene rings is 1. The number of hydrogen-bond acceptors (Lipinski definition) is 1. The minimum absolute atomic E-state index is 0.507. The molecule has 0 aliphatic carbocycles. The highest BCUT2D eigenvalue weighted by Gasteiger charge is 1.93. The number of hydrogen-bond donors (Lipinski definition) is 0. The molecule has 0 bridgehead atoms. The van der Waals surface area contributed by atoms with Gasteiger partial charge in [0.2, 0.25) is 0 Å². The van der Waals surface area contributed by atoms with Crippen molar-refractivity contribution in [3.63, 3.8) is 0 Å². The highest BCUT2D eigenvalue weighted by Crippen LogP contribution is 2.07. The van der Waals surface area contributed by atoms with Crippen molar-refractivity contribution in [1.29, 1.82) is 0 Å². The molecule has 13 heavy (non-hydrogen) atoms. The maximum absolute atomic E-state index is 10.0. The molecule has 0 aliphatic heterocycles. The highest BCUT2D eigenvalue weighted by atomic mass is 16.1. The van der Waals surface area contributed by atoms with Gasteiger partial charge in [0.1, 0.15) is 0 Å². The lowest BCUT2D eigenvalue weighted by atomic mass is 10.1. The number of aryl methyl sites for hydroxylation is 2. The van der Waals surface area contributed by atoms with Crippen LogP contribution in [0.4, 0.5) is 0 Å². The van der Waals surface area contributed by atoms with Gasteiger partial charge in [-0.25, -0.2) is 0 Å². The Morgan fingerprint density at radius 1 is 1.08 bits per heavy atom. The van der Waals surface area contributed by atoms with Gasteiger partial charge in [-0.15, -0.1) is 0 Å². The van der Waals surface area contributed by atoms with Gasteiger partial charge in [0, 0.05) is 6.42 Å². The van der Waals surface area contributed by atoms with Crippen molar-refractivity contribution in [2.24, 2.45) is 0 Å². The smallest absolute Gasteiger partial charge is 0.198 e. The van der Waals surface area contributed by atoms with Gasteiger partial charge in [0.15, 0.2) is 6.29 Å². The fourth-order valence-electron chi connectivity index (χ4n) is 1.36. The molecule has 0 aromatic heterocycles. The second-order valence-electron chi connectivity index (χ2n) is 3.21. The summed E-state index contributed by atoms with van der Waals surface area (Å²) in [5, 5.41) is 0. The minimum Gasteiger partial charge on any atom is -0.291 e. The first kappa shape index (κ1) is 9.97. The zero-order valence-corrected chi connectivity index (χ0v) is 8.05. The molecular weight excluding hydrogens is 160 g/mol. The standard InChI is InChI=1S/C12H15O/c1-2-4-11-6-8-12(9-7-11)5-3-10-13/h6-9H,2-5H2,1H3. The largest absolute Gasteiger partial charge is 0.291 e. The van der Waals surface area contributed by atoms with Gasteiger partial charge < -0.3 is 0 Å². The Bertz CT molecular complexity index is 248. The molecule has 0 amide bonds. The average Bonchev–Trinajstić information content (AvgIpc) is 2.17. The van der Waals surface area contributed by atoms with E-state index in [9.17, 15) is 4.79 Å². The molecule has 1 aromatic carbocycles. The third kappa shape index (κ3) is 3.41. The summed E-state index contributed by atoms with van der Waals surface area (Å²) in [6.07, 6.45) is 5.55. The van der Waals surface area contributed by atoms with Crippen molar-refractivity contribution in [1.82, 2.24) is 0 Å². The fraction of sp³-hybridized carbons (Fsp3) is 0.417. The Morgan fingerprint density at radius 3 is 2.08 bits per heavy atom. The van der Waals surface area contributed by atoms with Gasteiger partial charge in [0.05, 0.1) is 0 Å². The molecule has 0 aliphatic rings. The summed E-state index contributed by atoms with van der Waals surface area (Å²) in [4.78, 5) is 10.0. The summed E-state index contributed by atoms with van der Waals surface area (Å²) >= 11 is 0. The Morgan fingerprint density at radius 2 is 1.62 bits per heavy atom. The zero-order valence-electron chi connectivity index (χ0n) is 8.05. The Kier molecular flexibility index (Phi) is 4.24. The first-order valence-electron chi connectivity index (χ1n) is 4.79. The van der Waals surface area contributed by atoms with E-state index in [-0.39, 0.29) is 0 Å². The van der Waals surface area contributed by atoms with Crippen molar-refractivity contribution in [3.8, 4) is 0 Å². The maximum Gasteiger partial charge on any atom is 0.198 e. The highest BCUT2D eigenvalue weighted by molar-refractivity contribution is 5.51. The average molecular weight is 175 g/mol. The molecule has 1 aromatic rings. The molecule has 1 rings (SSSR count). The van der Waals surface area contributed by atoms with Crippen LogP contribution in [0, 0.1) is 0 Å². The first-order valence-corrected chi connectivity index (χ1v) is 4.79. The minimum atomic E-state index is 0.507. The van der Waals surface area contributed by atoms with E-state index in [4.69, 9.17) is 0 Å². The summed E-state index contributed by atoms with van der Waals surface area (Å²) in [5.41, 5.74) is 2.60. The first-order chi connectivity index (χ1) is 6.36. The third-order valence-corrected chi connectivity index (χ3v) is 2.08. The van der Waals surface area contributed by atoms with E-state index in [0.29, 0.717) is 6.42 Å². The normalized spacial score (nSPS) is 9.92. The molecular formula is C12H15O. The molecule has 1 radical (unpaired) electrons. The summed E-state index contributed by atoms with van der Waals surface area (Å²) in [7, 11) is 0. The van der Waals surface area contributed by atoms with Gasteiger partial charge in [-0.1, -0.05) is 37.6 Å². The van der Waals surface area contributed by atoms with Crippen LogP contribution in [0.5, 0.6) is 0 Å². The molecule has 1 nitrogen and oxygen atoms in total. The van der Waals surface area contributed by atoms with E-state index in [2.05, 4.69) is 31.2 Å². The lowest BCUT2D eigenvalue weighted by Gasteiger charge is -2.00. The van der Waals surface area contributed by atoms with Crippen LogP contribution in [0.3, 0.4) is 0 Å². The van der Waals surface area contributed by atoms with Crippen LogP contribution in [0.15, 0.2) is 24.3 Å². The van der Waals surface area contributed by atoms with Crippen LogP contribution in [0.25, 0.3) is 0 Å². The molecule has 0 unspecified atom stereocenters. The van der Waals surface area contributed by atoms with E-state index in [1.54, 1.807) is 0 Å². The quantitative estimate of drug-likeness (QED) is 0.672. The van der Waals surface area contributed by atoms with Gasteiger partial charge in [0.25, 0.3) is 0 Å². The van der Waals surface area contributed by atoms with Gasteiger partial charge in [-0.05, 0) is 24.0 Å². The van der Waals surface area contributed by atoms with Crippen LogP contribution >= 0.6 is 0 Å². The van der Waals surface area contributed by atoms with Crippen molar-refractivity contribution in [3.05, 3.63) is 35.4 Å². The van der Waals surface area contributed by atoms with E-state index in [1.807, 2.05) is 6.29 Å². The SMILES string of the molecule is CCCc1ccc(CC[C]=O)cc1. The Balaban J connectivity index is 2.53. The van der Waals surface area contributed by atoms with Gasteiger partial charge in [-0.2, -0.15) is 0 Å². The fourth-order valence-corrected chi connectivity index (χ4v) is 1.36.